The van der Waals surface area contributed by atoms with E-state index in [-0.39, 0.29) is 23.3 Å². The molecule has 0 spiro atoms. The zero-order valence-corrected chi connectivity index (χ0v) is 16.7. The fourth-order valence-electron chi connectivity index (χ4n) is 3.28. The summed E-state index contributed by atoms with van der Waals surface area (Å²) in [6, 6.07) is 9.79. The van der Waals surface area contributed by atoms with Crippen LogP contribution in [-0.4, -0.2) is 64.9 Å². The third-order valence-corrected chi connectivity index (χ3v) is 6.25. The Morgan fingerprint density at radius 3 is 2.50 bits per heavy atom. The first-order chi connectivity index (χ1) is 14.5. The molecule has 0 unspecified atom stereocenters. The molecule has 11 heteroatoms. The number of H-pyrrole nitrogens is 1. The van der Waals surface area contributed by atoms with Crippen molar-refractivity contribution in [1.82, 2.24) is 24.6 Å². The molecule has 0 bridgehead atoms. The first-order valence-electron chi connectivity index (χ1n) is 9.19. The highest BCUT2D eigenvalue weighted by Crippen LogP contribution is 2.19. The zero-order valence-electron chi connectivity index (χ0n) is 15.9. The molecule has 3 heterocycles. The number of pyridine rings is 1. The van der Waals surface area contributed by atoms with Crippen LogP contribution in [0.1, 0.15) is 23.2 Å². The van der Waals surface area contributed by atoms with Crippen molar-refractivity contribution < 1.29 is 23.1 Å². The quantitative estimate of drug-likeness (QED) is 0.527. The number of imidazole rings is 1. The van der Waals surface area contributed by atoms with Gasteiger partial charge in [-0.3, -0.25) is 9.59 Å². The second-order valence-corrected chi connectivity index (χ2v) is 8.28. The number of fused-ring (bicyclic) bond motifs is 1. The highest BCUT2D eigenvalue weighted by Gasteiger charge is 2.28. The summed E-state index contributed by atoms with van der Waals surface area (Å²) < 4.78 is 27.6. The average Bonchev–Trinajstić information content (AvgIpc) is 3.24. The number of piperidine rings is 1. The van der Waals surface area contributed by atoms with E-state index in [0.29, 0.717) is 42.7 Å². The number of amides is 1. The number of sulfonamides is 1. The maximum Gasteiger partial charge on any atom is 0.290 e. The molecule has 1 aliphatic heterocycles. The molecule has 1 aromatic carbocycles. The summed E-state index contributed by atoms with van der Waals surface area (Å²) in [5, 5.41) is 6.89. The maximum atomic E-state index is 12.8. The largest absolute Gasteiger partial charge is 0.483 e. The number of carbonyl (C=O) groups excluding carboxylic acids is 1. The van der Waals surface area contributed by atoms with Crippen molar-refractivity contribution >= 4 is 33.6 Å². The van der Waals surface area contributed by atoms with Gasteiger partial charge in [-0.15, -0.1) is 0 Å². The van der Waals surface area contributed by atoms with Crippen molar-refractivity contribution in [2.75, 3.05) is 13.1 Å². The van der Waals surface area contributed by atoms with E-state index in [2.05, 4.69) is 19.7 Å². The third kappa shape index (κ3) is 4.81. The predicted molar refractivity (Wildman–Crippen MR) is 108 cm³/mol. The van der Waals surface area contributed by atoms with Crippen LogP contribution in [0.4, 0.5) is 0 Å². The van der Waals surface area contributed by atoms with Gasteiger partial charge >= 0.3 is 0 Å². The van der Waals surface area contributed by atoms with Gasteiger partial charge < -0.3 is 15.0 Å². The second kappa shape index (κ2) is 9.46. The standard InChI is InChI=1S/C18H19N5O3S.CH2O2/c24-18(15-6-9-19-17-16(15)20-12-21-17)23-10-7-13(8-11-23)22-27(25,26)14-4-2-1-3-5-14;2-1-3/h1-6,9,12-13,22H,7-8,10-11H2,(H,19,20,21);1H,(H,2,3). The van der Waals surface area contributed by atoms with Gasteiger partial charge in [-0.1, -0.05) is 18.2 Å². The van der Waals surface area contributed by atoms with Gasteiger partial charge in [-0.2, -0.15) is 0 Å². The number of hydrogen-bond acceptors (Lipinski definition) is 6. The number of likely N-dealkylation sites (tertiary alicyclic amines) is 1. The lowest BCUT2D eigenvalue weighted by Crippen LogP contribution is -2.46. The molecular weight excluding hydrogens is 410 g/mol. The lowest BCUT2D eigenvalue weighted by atomic mass is 10.0. The Bertz CT molecular complexity index is 1110. The van der Waals surface area contributed by atoms with Crippen molar-refractivity contribution in [2.24, 2.45) is 0 Å². The molecule has 10 nitrogen and oxygen atoms in total. The molecule has 1 aliphatic rings. The Hall–Kier alpha value is -3.31. The molecule has 0 atom stereocenters. The number of carboxylic acid groups (broad SMARTS) is 1. The number of nitrogens with zero attached hydrogens (tertiary/aromatic N) is 3. The number of aromatic nitrogens is 3. The van der Waals surface area contributed by atoms with E-state index in [9.17, 15) is 13.2 Å². The topological polar surface area (TPSA) is 145 Å². The highest BCUT2D eigenvalue weighted by atomic mass is 32.2. The summed E-state index contributed by atoms with van der Waals surface area (Å²) in [4.78, 5) is 34.3. The molecule has 158 valence electrons. The summed E-state index contributed by atoms with van der Waals surface area (Å²) in [6.07, 6.45) is 4.21. The van der Waals surface area contributed by atoms with Crippen LogP contribution >= 0.6 is 0 Å². The first-order valence-corrected chi connectivity index (χ1v) is 10.7. The van der Waals surface area contributed by atoms with E-state index in [0.717, 1.165) is 0 Å². The minimum Gasteiger partial charge on any atom is -0.483 e. The van der Waals surface area contributed by atoms with Crippen LogP contribution in [0.5, 0.6) is 0 Å². The summed E-state index contributed by atoms with van der Waals surface area (Å²) >= 11 is 0. The van der Waals surface area contributed by atoms with Crippen molar-refractivity contribution in [3.63, 3.8) is 0 Å². The molecule has 1 amide bonds. The van der Waals surface area contributed by atoms with Gasteiger partial charge in [0.1, 0.15) is 0 Å². The summed E-state index contributed by atoms with van der Waals surface area (Å²) in [6.45, 7) is 0.720. The maximum absolute atomic E-state index is 12.8. The van der Waals surface area contributed by atoms with E-state index in [1.807, 2.05) is 0 Å². The average molecular weight is 431 g/mol. The molecular formula is C19H21N5O5S. The number of rotatable bonds is 4. The molecule has 3 N–H and O–H groups in total. The van der Waals surface area contributed by atoms with Crippen molar-refractivity contribution in [1.29, 1.82) is 0 Å². The van der Waals surface area contributed by atoms with Gasteiger partial charge in [0.05, 0.1) is 22.3 Å². The molecule has 1 fully saturated rings. The highest BCUT2D eigenvalue weighted by molar-refractivity contribution is 7.89. The van der Waals surface area contributed by atoms with Crippen LogP contribution in [0.3, 0.4) is 0 Å². The molecule has 2 aromatic heterocycles. The van der Waals surface area contributed by atoms with E-state index < -0.39 is 10.0 Å². The number of nitrogens with one attached hydrogen (secondary N) is 2. The first kappa shape index (κ1) is 21.4. The molecule has 0 radical (unpaired) electrons. The van der Waals surface area contributed by atoms with Crippen LogP contribution in [0.15, 0.2) is 53.8 Å². The Balaban J connectivity index is 0.000000806. The van der Waals surface area contributed by atoms with E-state index >= 15 is 0 Å². The lowest BCUT2D eigenvalue weighted by Gasteiger charge is -2.32. The summed E-state index contributed by atoms with van der Waals surface area (Å²) in [5.74, 6) is -0.101. The van der Waals surface area contributed by atoms with Crippen molar-refractivity contribution in [2.45, 2.75) is 23.8 Å². The molecule has 0 aliphatic carbocycles. The summed E-state index contributed by atoms with van der Waals surface area (Å²) in [7, 11) is -3.55. The SMILES string of the molecule is O=C(c1ccnc2nc[nH]c12)N1CCC(NS(=O)(=O)c2ccccc2)CC1.O=CO. The minimum atomic E-state index is -3.55. The van der Waals surface area contributed by atoms with Crippen molar-refractivity contribution in [3.05, 3.63) is 54.5 Å². The third-order valence-electron chi connectivity index (χ3n) is 4.71. The van der Waals surface area contributed by atoms with E-state index in [1.54, 1.807) is 47.5 Å². The predicted octanol–water partition coefficient (Wildman–Crippen LogP) is 1.24. The van der Waals surface area contributed by atoms with Crippen LogP contribution in [0.2, 0.25) is 0 Å². The fraction of sp³-hybridized carbons (Fsp3) is 0.263. The summed E-state index contributed by atoms with van der Waals surface area (Å²) in [5.41, 5.74) is 1.65. The Labute approximate surface area is 173 Å². The Kier molecular flexibility index (Phi) is 6.75. The van der Waals surface area contributed by atoms with E-state index in [1.165, 1.54) is 6.33 Å². The second-order valence-electron chi connectivity index (χ2n) is 6.57. The van der Waals surface area contributed by atoms with E-state index in [4.69, 9.17) is 9.90 Å². The number of benzene rings is 1. The van der Waals surface area contributed by atoms with Gasteiger partial charge in [0, 0.05) is 25.3 Å². The van der Waals surface area contributed by atoms with Crippen LogP contribution in [0, 0.1) is 0 Å². The Morgan fingerprint density at radius 1 is 1.17 bits per heavy atom. The van der Waals surface area contributed by atoms with Gasteiger partial charge in [0.25, 0.3) is 12.4 Å². The molecule has 4 rings (SSSR count). The zero-order chi connectivity index (χ0) is 21.6. The molecule has 3 aromatic rings. The van der Waals surface area contributed by atoms with Gasteiger partial charge in [-0.05, 0) is 31.0 Å². The van der Waals surface area contributed by atoms with Crippen LogP contribution in [0.25, 0.3) is 11.2 Å². The van der Waals surface area contributed by atoms with Gasteiger partial charge in [0.2, 0.25) is 10.0 Å². The number of carbonyl (C=O) groups is 2. The lowest BCUT2D eigenvalue weighted by molar-refractivity contribution is -0.122. The van der Waals surface area contributed by atoms with Gasteiger partial charge in [-0.25, -0.2) is 23.1 Å². The molecule has 0 saturated carbocycles. The van der Waals surface area contributed by atoms with Crippen molar-refractivity contribution in [3.8, 4) is 0 Å². The fourth-order valence-corrected chi connectivity index (χ4v) is 4.61. The smallest absolute Gasteiger partial charge is 0.290 e. The monoisotopic (exact) mass is 431 g/mol. The molecule has 1 saturated heterocycles. The number of hydrogen-bond donors (Lipinski definition) is 3. The molecule has 30 heavy (non-hydrogen) atoms. The van der Waals surface area contributed by atoms with Crippen LogP contribution in [-0.2, 0) is 14.8 Å². The van der Waals surface area contributed by atoms with Gasteiger partial charge in [0.15, 0.2) is 5.65 Å². The minimum absolute atomic E-state index is 0.101. The van der Waals surface area contributed by atoms with Crippen LogP contribution < -0.4 is 4.72 Å². The Morgan fingerprint density at radius 2 is 1.83 bits per heavy atom. The normalized spacial score (nSPS) is 14.7. The number of aromatic amines is 1.